The summed E-state index contributed by atoms with van der Waals surface area (Å²) in [5.41, 5.74) is 3.48. The van der Waals surface area contributed by atoms with Crippen molar-refractivity contribution in [2.45, 2.75) is 22.7 Å². The number of aromatic nitrogens is 2. The first-order valence-electron chi connectivity index (χ1n) is 14.0. The number of aliphatic hydroxyl groups is 1. The molecule has 5 aromatic rings. The van der Waals surface area contributed by atoms with Crippen molar-refractivity contribution in [3.63, 3.8) is 0 Å². The molecule has 1 unspecified atom stereocenters. The Balaban J connectivity index is 1.28. The lowest BCUT2D eigenvalue weighted by Gasteiger charge is -2.24. The quantitative estimate of drug-likeness (QED) is 0.0873. The molecule has 0 aliphatic carbocycles. The fourth-order valence-corrected chi connectivity index (χ4v) is 6.72. The van der Waals surface area contributed by atoms with Crippen molar-refractivity contribution in [2.24, 2.45) is 0 Å². The van der Waals surface area contributed by atoms with Crippen LogP contribution >= 0.6 is 34.7 Å². The number of hydrogen-bond donors (Lipinski definition) is 1. The number of amides is 1. The normalized spacial score (nSPS) is 14.8. The Hall–Kier alpha value is -4.70. The van der Waals surface area contributed by atoms with E-state index in [1.807, 2.05) is 84.9 Å². The second kappa shape index (κ2) is 13.9. The zero-order chi connectivity index (χ0) is 31.2. The Morgan fingerprint density at radius 1 is 0.911 bits per heavy atom. The number of carbonyl (C=O) groups excluding carboxylic acids is 2. The Morgan fingerprint density at radius 3 is 2.31 bits per heavy atom. The average Bonchev–Trinajstić information content (AvgIpc) is 3.65. The molecule has 1 aromatic heterocycles. The van der Waals surface area contributed by atoms with E-state index in [1.165, 1.54) is 34.1 Å². The number of anilines is 1. The van der Waals surface area contributed by atoms with Gasteiger partial charge in [-0.15, -0.1) is 10.2 Å². The highest BCUT2D eigenvalue weighted by molar-refractivity contribution is 8.00. The van der Waals surface area contributed by atoms with Gasteiger partial charge in [-0.05, 0) is 52.6 Å². The zero-order valence-electron chi connectivity index (χ0n) is 23.7. The van der Waals surface area contributed by atoms with Gasteiger partial charge in [0.1, 0.15) is 12.4 Å². The summed E-state index contributed by atoms with van der Waals surface area (Å²) in [6, 6.07) is 32.9. The zero-order valence-corrected chi connectivity index (χ0v) is 26.1. The second-order valence-corrected chi connectivity index (χ2v) is 12.7. The Labute approximate surface area is 273 Å². The highest BCUT2D eigenvalue weighted by Gasteiger charge is 2.45. The molecular weight excluding hydrogens is 626 g/mol. The molecule has 1 atom stereocenters. The van der Waals surface area contributed by atoms with Crippen LogP contribution in [0.5, 0.6) is 5.75 Å². The molecule has 0 fully saturated rings. The summed E-state index contributed by atoms with van der Waals surface area (Å²) in [6.45, 7) is 0.393. The van der Waals surface area contributed by atoms with E-state index >= 15 is 0 Å². The molecule has 6 rings (SSSR count). The molecular formula is C35H26ClN3O4S2. The van der Waals surface area contributed by atoms with Crippen LogP contribution in [0.25, 0.3) is 6.08 Å². The van der Waals surface area contributed by atoms with Gasteiger partial charge in [-0.1, -0.05) is 126 Å². The smallest absolute Gasteiger partial charge is 0.296 e. The maximum atomic E-state index is 13.6. The van der Waals surface area contributed by atoms with Gasteiger partial charge in [-0.2, -0.15) is 0 Å². The minimum Gasteiger partial charge on any atom is -0.503 e. The number of carbonyl (C=O) groups is 2. The third-order valence-electron chi connectivity index (χ3n) is 7.02. The number of benzene rings is 4. The first kappa shape index (κ1) is 30.3. The average molecular weight is 652 g/mol. The van der Waals surface area contributed by atoms with Crippen molar-refractivity contribution < 1.29 is 19.4 Å². The second-order valence-electron chi connectivity index (χ2n) is 10.1. The van der Waals surface area contributed by atoms with Crippen molar-refractivity contribution in [1.29, 1.82) is 0 Å². The van der Waals surface area contributed by atoms with Crippen molar-refractivity contribution in [1.82, 2.24) is 10.2 Å². The van der Waals surface area contributed by atoms with Crippen LogP contribution in [-0.4, -0.2) is 27.0 Å². The topological polar surface area (TPSA) is 92.6 Å². The lowest BCUT2D eigenvalue weighted by molar-refractivity contribution is -0.117. The Bertz CT molecular complexity index is 1860. The van der Waals surface area contributed by atoms with Crippen LogP contribution in [0.2, 0.25) is 5.02 Å². The van der Waals surface area contributed by atoms with Gasteiger partial charge in [0.05, 0.1) is 11.6 Å². The highest BCUT2D eigenvalue weighted by Crippen LogP contribution is 2.43. The molecule has 45 heavy (non-hydrogen) atoms. The summed E-state index contributed by atoms with van der Waals surface area (Å²) in [6.07, 6.45) is 3.03. The SMILES string of the molecule is O=C(/C=C/c1ccccc1)C1=C(O)C(=O)N(c2nnc(SCc3ccc(Cl)cc3)s2)C1c1ccc(OCc2ccccc2)cc1. The van der Waals surface area contributed by atoms with E-state index in [0.717, 1.165) is 16.7 Å². The first-order chi connectivity index (χ1) is 22.0. The van der Waals surface area contributed by atoms with Crippen LogP contribution in [0.15, 0.2) is 131 Å². The van der Waals surface area contributed by atoms with Gasteiger partial charge in [0.2, 0.25) is 5.13 Å². The molecule has 0 saturated carbocycles. The number of thioether (sulfide) groups is 1. The number of allylic oxidation sites excluding steroid dienone is 1. The maximum absolute atomic E-state index is 13.6. The first-order valence-corrected chi connectivity index (χ1v) is 16.2. The lowest BCUT2D eigenvalue weighted by atomic mass is 9.95. The third-order valence-corrected chi connectivity index (χ3v) is 9.40. The number of ether oxygens (including phenoxy) is 1. The minimum absolute atomic E-state index is 0.0318. The molecule has 10 heteroatoms. The molecule has 0 bridgehead atoms. The van der Waals surface area contributed by atoms with Gasteiger partial charge in [0, 0.05) is 10.8 Å². The number of aliphatic hydroxyl groups excluding tert-OH is 1. The molecule has 1 aliphatic rings. The number of hydrogen-bond acceptors (Lipinski definition) is 8. The lowest BCUT2D eigenvalue weighted by Crippen LogP contribution is -2.30. The van der Waals surface area contributed by atoms with E-state index in [9.17, 15) is 14.7 Å². The summed E-state index contributed by atoms with van der Waals surface area (Å²) in [5, 5.41) is 20.6. The van der Waals surface area contributed by atoms with Crippen LogP contribution in [0.1, 0.15) is 28.3 Å². The van der Waals surface area contributed by atoms with Crippen LogP contribution < -0.4 is 9.64 Å². The Kier molecular flexibility index (Phi) is 9.40. The standard InChI is InChI=1S/C35H26ClN3O4S2/c36-27-16-11-25(12-17-27)22-44-35-38-37-34(45-35)39-31(26-14-18-28(19-15-26)43-21-24-9-5-2-6-10-24)30(32(41)33(39)42)29(40)20-13-23-7-3-1-4-8-23/h1-20,31,41H,21-22H2/b20-13+. The van der Waals surface area contributed by atoms with Crippen molar-refractivity contribution in [3.8, 4) is 5.75 Å². The highest BCUT2D eigenvalue weighted by atomic mass is 35.5. The predicted molar refractivity (Wildman–Crippen MR) is 179 cm³/mol. The molecule has 0 saturated heterocycles. The van der Waals surface area contributed by atoms with E-state index in [-0.39, 0.29) is 10.7 Å². The molecule has 224 valence electrons. The van der Waals surface area contributed by atoms with Crippen molar-refractivity contribution in [3.05, 3.63) is 154 Å². The fraction of sp³-hybridized carbons (Fsp3) is 0.0857. The predicted octanol–water partition coefficient (Wildman–Crippen LogP) is 8.25. The van der Waals surface area contributed by atoms with Gasteiger partial charge in [0.15, 0.2) is 15.9 Å². The van der Waals surface area contributed by atoms with E-state index < -0.39 is 23.5 Å². The summed E-state index contributed by atoms with van der Waals surface area (Å²) in [7, 11) is 0. The summed E-state index contributed by atoms with van der Waals surface area (Å²) >= 11 is 8.69. The number of nitrogens with zero attached hydrogens (tertiary/aromatic N) is 3. The van der Waals surface area contributed by atoms with Crippen LogP contribution in [0.4, 0.5) is 5.13 Å². The molecule has 7 nitrogen and oxygen atoms in total. The number of rotatable bonds is 11. The third kappa shape index (κ3) is 7.17. The van der Waals surface area contributed by atoms with Crippen LogP contribution in [-0.2, 0) is 21.9 Å². The molecule has 2 heterocycles. The van der Waals surface area contributed by atoms with Gasteiger partial charge < -0.3 is 9.84 Å². The molecule has 1 N–H and O–H groups in total. The van der Waals surface area contributed by atoms with Gasteiger partial charge in [-0.3, -0.25) is 14.5 Å². The Morgan fingerprint density at radius 2 is 1.60 bits per heavy atom. The number of halogens is 1. The van der Waals surface area contributed by atoms with Crippen molar-refractivity contribution in [2.75, 3.05) is 4.90 Å². The molecule has 0 radical (unpaired) electrons. The molecule has 0 spiro atoms. The molecule has 1 amide bonds. The van der Waals surface area contributed by atoms with E-state index in [0.29, 0.717) is 33.0 Å². The van der Waals surface area contributed by atoms with Crippen molar-refractivity contribution >= 4 is 57.6 Å². The van der Waals surface area contributed by atoms with Gasteiger partial charge >= 0.3 is 0 Å². The van der Waals surface area contributed by atoms with E-state index in [2.05, 4.69) is 10.2 Å². The van der Waals surface area contributed by atoms with E-state index in [4.69, 9.17) is 16.3 Å². The molecule has 4 aromatic carbocycles. The van der Waals surface area contributed by atoms with Crippen LogP contribution in [0, 0.1) is 0 Å². The summed E-state index contributed by atoms with van der Waals surface area (Å²) in [5.74, 6) is -0.557. The maximum Gasteiger partial charge on any atom is 0.296 e. The van der Waals surface area contributed by atoms with E-state index in [1.54, 1.807) is 30.3 Å². The largest absolute Gasteiger partial charge is 0.503 e. The van der Waals surface area contributed by atoms with Gasteiger partial charge in [0.25, 0.3) is 5.91 Å². The molecule has 1 aliphatic heterocycles. The van der Waals surface area contributed by atoms with Gasteiger partial charge in [-0.25, -0.2) is 0 Å². The summed E-state index contributed by atoms with van der Waals surface area (Å²) < 4.78 is 6.59. The van der Waals surface area contributed by atoms with Crippen LogP contribution in [0.3, 0.4) is 0 Å². The number of ketones is 1. The minimum atomic E-state index is -0.921. The monoisotopic (exact) mass is 651 g/mol. The summed E-state index contributed by atoms with van der Waals surface area (Å²) in [4.78, 5) is 28.5. The fourth-order valence-electron chi connectivity index (χ4n) is 4.77.